The van der Waals surface area contributed by atoms with Crippen LogP contribution in [0.25, 0.3) is 0 Å². The fourth-order valence-electron chi connectivity index (χ4n) is 3.24. The van der Waals surface area contributed by atoms with E-state index < -0.39 is 0 Å². The molecule has 1 aliphatic carbocycles. The molecular weight excluding hydrogens is 370 g/mol. The van der Waals surface area contributed by atoms with E-state index in [1.807, 2.05) is 6.92 Å². The van der Waals surface area contributed by atoms with Gasteiger partial charge in [0.15, 0.2) is 6.61 Å². The molecule has 0 saturated heterocycles. The molecule has 0 bridgehead atoms. The zero-order valence-electron chi connectivity index (χ0n) is 16.7. The summed E-state index contributed by atoms with van der Waals surface area (Å²) in [4.78, 5) is 24.3. The van der Waals surface area contributed by atoms with E-state index >= 15 is 0 Å². The summed E-state index contributed by atoms with van der Waals surface area (Å²) in [6.45, 7) is 2.40. The highest BCUT2D eigenvalue weighted by Gasteiger charge is 2.18. The maximum Gasteiger partial charge on any atom is 0.338 e. The van der Waals surface area contributed by atoms with E-state index in [2.05, 4.69) is 5.32 Å². The second-order valence-electron chi connectivity index (χ2n) is 6.98. The van der Waals surface area contributed by atoms with E-state index in [4.69, 9.17) is 14.2 Å². The van der Waals surface area contributed by atoms with Crippen molar-refractivity contribution in [3.8, 4) is 11.5 Å². The predicted octanol–water partition coefficient (Wildman–Crippen LogP) is 4.59. The minimum Gasteiger partial charge on any atom is -0.494 e. The number of hydrogen-bond acceptors (Lipinski definition) is 5. The lowest BCUT2D eigenvalue weighted by Gasteiger charge is -2.21. The maximum atomic E-state index is 12.2. The molecule has 1 fully saturated rings. The van der Waals surface area contributed by atoms with Crippen LogP contribution < -0.4 is 14.8 Å². The lowest BCUT2D eigenvalue weighted by atomic mass is 9.98. The third kappa shape index (κ3) is 6.52. The Morgan fingerprint density at radius 2 is 1.52 bits per heavy atom. The molecule has 29 heavy (non-hydrogen) atoms. The van der Waals surface area contributed by atoms with E-state index in [0.717, 1.165) is 31.4 Å². The molecule has 0 spiro atoms. The first-order valence-corrected chi connectivity index (χ1v) is 10.1. The van der Waals surface area contributed by atoms with Crippen LogP contribution >= 0.6 is 0 Å². The number of esters is 1. The molecule has 0 atom stereocenters. The SMILES string of the molecule is CCOc1ccc(OCC(=O)Nc2ccc(C(=O)OC3CCCCC3)cc2)cc1. The van der Waals surface area contributed by atoms with Crippen LogP contribution in [0.4, 0.5) is 5.69 Å². The third-order valence-corrected chi connectivity index (χ3v) is 4.73. The number of benzene rings is 2. The summed E-state index contributed by atoms with van der Waals surface area (Å²) in [5.74, 6) is 0.751. The molecule has 6 heteroatoms. The van der Waals surface area contributed by atoms with Gasteiger partial charge in [0.25, 0.3) is 5.91 Å². The fraction of sp³-hybridized carbons (Fsp3) is 0.391. The Morgan fingerprint density at radius 3 is 2.14 bits per heavy atom. The zero-order chi connectivity index (χ0) is 20.5. The summed E-state index contributed by atoms with van der Waals surface area (Å²) >= 11 is 0. The van der Waals surface area contributed by atoms with Crippen molar-refractivity contribution in [1.29, 1.82) is 0 Å². The highest BCUT2D eigenvalue weighted by molar-refractivity contribution is 5.93. The molecule has 1 saturated carbocycles. The van der Waals surface area contributed by atoms with Crippen LogP contribution in [-0.4, -0.2) is 31.2 Å². The van der Waals surface area contributed by atoms with Gasteiger partial charge in [-0.2, -0.15) is 0 Å². The van der Waals surface area contributed by atoms with Crippen molar-refractivity contribution in [2.75, 3.05) is 18.5 Å². The van der Waals surface area contributed by atoms with Crippen molar-refractivity contribution in [2.45, 2.75) is 45.1 Å². The highest BCUT2D eigenvalue weighted by atomic mass is 16.5. The van der Waals surface area contributed by atoms with Crippen LogP contribution in [0.5, 0.6) is 11.5 Å². The Kier molecular flexibility index (Phi) is 7.50. The van der Waals surface area contributed by atoms with Gasteiger partial charge in [0.05, 0.1) is 12.2 Å². The predicted molar refractivity (Wildman–Crippen MR) is 110 cm³/mol. The summed E-state index contributed by atoms with van der Waals surface area (Å²) in [6, 6.07) is 13.8. The van der Waals surface area contributed by atoms with E-state index in [1.54, 1.807) is 48.5 Å². The Hall–Kier alpha value is -3.02. The molecule has 0 aromatic heterocycles. The van der Waals surface area contributed by atoms with Crippen molar-refractivity contribution in [3.05, 3.63) is 54.1 Å². The van der Waals surface area contributed by atoms with Gasteiger partial charge in [0.1, 0.15) is 17.6 Å². The quantitative estimate of drug-likeness (QED) is 0.660. The fourth-order valence-corrected chi connectivity index (χ4v) is 3.24. The lowest BCUT2D eigenvalue weighted by Crippen LogP contribution is -2.21. The van der Waals surface area contributed by atoms with E-state index in [9.17, 15) is 9.59 Å². The van der Waals surface area contributed by atoms with E-state index in [1.165, 1.54) is 6.42 Å². The zero-order valence-corrected chi connectivity index (χ0v) is 16.7. The number of ether oxygens (including phenoxy) is 3. The molecule has 2 aromatic rings. The molecular formula is C23H27NO5. The number of anilines is 1. The third-order valence-electron chi connectivity index (χ3n) is 4.73. The average molecular weight is 397 g/mol. The van der Waals surface area contributed by atoms with Crippen molar-refractivity contribution in [3.63, 3.8) is 0 Å². The minimum absolute atomic E-state index is 0.0235. The second kappa shape index (κ2) is 10.5. The van der Waals surface area contributed by atoms with Crippen LogP contribution in [0.3, 0.4) is 0 Å². The molecule has 6 nitrogen and oxygen atoms in total. The van der Waals surface area contributed by atoms with Crippen molar-refractivity contribution < 1.29 is 23.8 Å². The van der Waals surface area contributed by atoms with Crippen LogP contribution in [0.2, 0.25) is 0 Å². The van der Waals surface area contributed by atoms with Gasteiger partial charge in [-0.25, -0.2) is 4.79 Å². The second-order valence-corrected chi connectivity index (χ2v) is 6.98. The van der Waals surface area contributed by atoms with Gasteiger partial charge in [-0.05, 0) is 81.1 Å². The standard InChI is InChI=1S/C23H27NO5/c1-2-27-19-12-14-20(15-13-19)28-16-22(25)24-18-10-8-17(9-11-18)23(26)29-21-6-4-3-5-7-21/h8-15,21H,2-7,16H2,1H3,(H,24,25). The molecule has 0 heterocycles. The summed E-state index contributed by atoms with van der Waals surface area (Å²) < 4.78 is 16.4. The molecule has 154 valence electrons. The van der Waals surface area contributed by atoms with Crippen LogP contribution in [-0.2, 0) is 9.53 Å². The monoisotopic (exact) mass is 397 g/mol. The number of nitrogens with one attached hydrogen (secondary N) is 1. The first kappa shape index (κ1) is 20.7. The van der Waals surface area contributed by atoms with Gasteiger partial charge in [-0.3, -0.25) is 4.79 Å². The summed E-state index contributed by atoms with van der Waals surface area (Å²) in [7, 11) is 0. The normalized spacial score (nSPS) is 14.1. The van der Waals surface area contributed by atoms with E-state index in [0.29, 0.717) is 23.6 Å². The maximum absolute atomic E-state index is 12.2. The molecule has 1 amide bonds. The Labute approximate surface area is 171 Å². The first-order valence-electron chi connectivity index (χ1n) is 10.1. The van der Waals surface area contributed by atoms with Gasteiger partial charge in [-0.1, -0.05) is 6.42 Å². The van der Waals surface area contributed by atoms with Gasteiger partial charge < -0.3 is 19.5 Å². The van der Waals surface area contributed by atoms with E-state index in [-0.39, 0.29) is 24.6 Å². The smallest absolute Gasteiger partial charge is 0.338 e. The van der Waals surface area contributed by atoms with Gasteiger partial charge >= 0.3 is 5.97 Å². The molecule has 3 rings (SSSR count). The molecule has 0 unspecified atom stereocenters. The summed E-state index contributed by atoms with van der Waals surface area (Å²) in [5.41, 5.74) is 1.08. The van der Waals surface area contributed by atoms with Gasteiger partial charge in [-0.15, -0.1) is 0 Å². The Bertz CT molecular complexity index is 795. The first-order chi connectivity index (χ1) is 14.1. The molecule has 0 radical (unpaired) electrons. The largest absolute Gasteiger partial charge is 0.494 e. The number of carbonyl (C=O) groups is 2. The van der Waals surface area contributed by atoms with Crippen molar-refractivity contribution in [2.24, 2.45) is 0 Å². The van der Waals surface area contributed by atoms with Gasteiger partial charge in [0.2, 0.25) is 0 Å². The lowest BCUT2D eigenvalue weighted by molar-refractivity contribution is -0.118. The summed E-state index contributed by atoms with van der Waals surface area (Å²) in [6.07, 6.45) is 5.34. The number of hydrogen-bond donors (Lipinski definition) is 1. The average Bonchev–Trinajstić information content (AvgIpc) is 2.75. The number of rotatable bonds is 8. The summed E-state index contributed by atoms with van der Waals surface area (Å²) in [5, 5.41) is 2.75. The van der Waals surface area contributed by atoms with Crippen LogP contribution in [0.1, 0.15) is 49.4 Å². The minimum atomic E-state index is -0.311. The molecule has 1 aliphatic rings. The van der Waals surface area contributed by atoms with Crippen molar-refractivity contribution >= 4 is 17.6 Å². The van der Waals surface area contributed by atoms with Crippen LogP contribution in [0.15, 0.2) is 48.5 Å². The van der Waals surface area contributed by atoms with Gasteiger partial charge in [0, 0.05) is 5.69 Å². The van der Waals surface area contributed by atoms with Crippen LogP contribution in [0, 0.1) is 0 Å². The highest BCUT2D eigenvalue weighted by Crippen LogP contribution is 2.22. The molecule has 2 aromatic carbocycles. The molecule has 0 aliphatic heterocycles. The number of carbonyl (C=O) groups excluding carboxylic acids is 2. The Morgan fingerprint density at radius 1 is 0.897 bits per heavy atom. The topological polar surface area (TPSA) is 73.9 Å². The Balaban J connectivity index is 1.44. The number of amides is 1. The van der Waals surface area contributed by atoms with Crippen molar-refractivity contribution in [1.82, 2.24) is 0 Å². The molecule has 1 N–H and O–H groups in total.